The van der Waals surface area contributed by atoms with Crippen molar-refractivity contribution in [3.05, 3.63) is 42.0 Å². The number of benzene rings is 1. The van der Waals surface area contributed by atoms with Crippen LogP contribution in [0.1, 0.15) is 39.2 Å². The smallest absolute Gasteiger partial charge is 0.202 e. The molecule has 1 rings (SSSR count). The molecule has 0 saturated carbocycles. The minimum Gasteiger partial charge on any atom is -0.504 e. The van der Waals surface area contributed by atoms with Crippen molar-refractivity contribution in [1.29, 1.82) is 0 Å². The summed E-state index contributed by atoms with van der Waals surface area (Å²) in [6, 6.07) is 4.93. The van der Waals surface area contributed by atoms with Gasteiger partial charge in [0.25, 0.3) is 0 Å². The van der Waals surface area contributed by atoms with Crippen LogP contribution in [-0.4, -0.2) is 23.8 Å². The largest absolute Gasteiger partial charge is 0.504 e. The first-order chi connectivity index (χ1) is 10.7. The monoisotopic (exact) mass is 316 g/mol. The Kier molecular flexibility index (Phi) is 6.76. The summed E-state index contributed by atoms with van der Waals surface area (Å²) in [4.78, 5) is 23.5. The average Bonchev–Trinajstić information content (AvgIpc) is 2.45. The second kappa shape index (κ2) is 8.32. The molecule has 0 bridgehead atoms. The third kappa shape index (κ3) is 6.96. The number of hydrogen-bond acceptors (Lipinski definition) is 4. The summed E-state index contributed by atoms with van der Waals surface area (Å²) < 4.78 is 4.96. The van der Waals surface area contributed by atoms with Crippen molar-refractivity contribution in [3.63, 3.8) is 0 Å². The van der Waals surface area contributed by atoms with Gasteiger partial charge in [-0.3, -0.25) is 9.59 Å². The molecule has 0 saturated heterocycles. The number of Topliss-reactive ketones (excluding diaryl/α,β-unsaturated/α-hetero) is 2. The molecule has 0 radical (unpaired) electrons. The van der Waals surface area contributed by atoms with Crippen molar-refractivity contribution < 1.29 is 19.4 Å². The van der Waals surface area contributed by atoms with Gasteiger partial charge >= 0.3 is 0 Å². The number of hydrogen-bond donors (Lipinski definition) is 1. The van der Waals surface area contributed by atoms with Crippen LogP contribution in [0.5, 0.6) is 11.5 Å². The molecule has 0 aromatic heterocycles. The van der Waals surface area contributed by atoms with Crippen molar-refractivity contribution in [2.75, 3.05) is 7.11 Å². The van der Waals surface area contributed by atoms with E-state index in [0.717, 1.165) is 5.56 Å². The fourth-order valence-electron chi connectivity index (χ4n) is 1.86. The van der Waals surface area contributed by atoms with Gasteiger partial charge in [0.05, 0.1) is 7.11 Å². The number of phenolic OH excluding ortho intramolecular Hbond substituents is 1. The maximum atomic E-state index is 11.8. The summed E-state index contributed by atoms with van der Waals surface area (Å²) >= 11 is 0. The lowest BCUT2D eigenvalue weighted by molar-refractivity contribution is -0.135. The second-order valence-electron chi connectivity index (χ2n) is 6.36. The molecular weight excluding hydrogens is 292 g/mol. The molecule has 1 aromatic rings. The van der Waals surface area contributed by atoms with E-state index >= 15 is 0 Å². The highest BCUT2D eigenvalue weighted by Gasteiger charge is 2.11. The number of rotatable bonds is 7. The highest BCUT2D eigenvalue weighted by Crippen LogP contribution is 2.26. The van der Waals surface area contributed by atoms with Gasteiger partial charge in [0.2, 0.25) is 11.6 Å². The summed E-state index contributed by atoms with van der Waals surface area (Å²) in [6.45, 7) is 6.09. The Morgan fingerprint density at radius 3 is 2.26 bits per heavy atom. The van der Waals surface area contributed by atoms with Crippen LogP contribution in [0.25, 0.3) is 6.08 Å². The van der Waals surface area contributed by atoms with Crippen LogP contribution in [0.2, 0.25) is 0 Å². The molecule has 0 aliphatic carbocycles. The van der Waals surface area contributed by atoms with Crippen LogP contribution in [0.3, 0.4) is 0 Å². The van der Waals surface area contributed by atoms with Crippen molar-refractivity contribution in [1.82, 2.24) is 0 Å². The van der Waals surface area contributed by atoms with Gasteiger partial charge in [-0.25, -0.2) is 0 Å². The number of aromatic hydroxyl groups is 1. The zero-order valence-corrected chi connectivity index (χ0v) is 14.1. The Bertz CT molecular complexity index is 619. The van der Waals surface area contributed by atoms with Crippen LogP contribution >= 0.6 is 0 Å². The van der Waals surface area contributed by atoms with Crippen molar-refractivity contribution in [3.8, 4) is 11.5 Å². The Morgan fingerprint density at radius 1 is 1.13 bits per heavy atom. The zero-order valence-electron chi connectivity index (χ0n) is 14.1. The minimum absolute atomic E-state index is 0.000398. The van der Waals surface area contributed by atoms with Gasteiger partial charge in [-0.15, -0.1) is 0 Å². The lowest BCUT2D eigenvalue weighted by atomic mass is 9.95. The summed E-state index contributed by atoms with van der Waals surface area (Å²) in [5, 5.41) is 9.66. The lowest BCUT2D eigenvalue weighted by Gasteiger charge is -2.10. The third-order valence-electron chi connectivity index (χ3n) is 3.05. The lowest BCUT2D eigenvalue weighted by Crippen LogP contribution is -2.11. The van der Waals surface area contributed by atoms with Gasteiger partial charge in [0, 0.05) is 12.8 Å². The Balaban J connectivity index is 2.53. The summed E-state index contributed by atoms with van der Waals surface area (Å²) in [6.07, 6.45) is 7.16. The van der Waals surface area contributed by atoms with Crippen molar-refractivity contribution in [2.45, 2.75) is 33.6 Å². The van der Waals surface area contributed by atoms with E-state index in [0.29, 0.717) is 5.75 Å². The van der Waals surface area contributed by atoms with Crippen LogP contribution in [-0.2, 0) is 9.59 Å². The number of allylic oxidation sites excluding steroid dienone is 3. The summed E-state index contributed by atoms with van der Waals surface area (Å²) in [5.74, 6) is -0.395. The van der Waals surface area contributed by atoms with E-state index in [9.17, 15) is 14.7 Å². The number of carbonyl (C=O) groups excluding carboxylic acids is 2. The molecule has 0 aliphatic heterocycles. The fraction of sp³-hybridized carbons (Fsp3) is 0.368. The molecule has 0 unspecified atom stereocenters. The van der Waals surface area contributed by atoms with E-state index in [1.807, 2.05) is 26.8 Å². The molecule has 0 heterocycles. The Labute approximate surface area is 137 Å². The molecule has 0 aliphatic rings. The molecule has 0 amide bonds. The molecule has 124 valence electrons. The van der Waals surface area contributed by atoms with Gasteiger partial charge in [-0.1, -0.05) is 51.1 Å². The summed E-state index contributed by atoms with van der Waals surface area (Å²) in [7, 11) is 1.48. The molecule has 0 spiro atoms. The van der Waals surface area contributed by atoms with Crippen molar-refractivity contribution in [2.24, 2.45) is 5.41 Å². The number of ketones is 2. The van der Waals surface area contributed by atoms with Crippen LogP contribution in [0, 0.1) is 5.41 Å². The predicted octanol–water partition coefficient (Wildman–Crippen LogP) is 3.93. The van der Waals surface area contributed by atoms with Crippen LogP contribution in [0.15, 0.2) is 36.4 Å². The first-order valence-electron chi connectivity index (χ1n) is 7.50. The Morgan fingerprint density at radius 2 is 1.74 bits per heavy atom. The van der Waals surface area contributed by atoms with Gasteiger partial charge in [0.15, 0.2) is 11.5 Å². The van der Waals surface area contributed by atoms with E-state index in [1.165, 1.54) is 13.2 Å². The van der Waals surface area contributed by atoms with E-state index in [1.54, 1.807) is 30.4 Å². The van der Waals surface area contributed by atoms with Gasteiger partial charge < -0.3 is 9.84 Å². The maximum absolute atomic E-state index is 11.8. The first-order valence-corrected chi connectivity index (χ1v) is 7.50. The Hall–Kier alpha value is -2.36. The van der Waals surface area contributed by atoms with Gasteiger partial charge in [-0.05, 0) is 23.1 Å². The van der Waals surface area contributed by atoms with Gasteiger partial charge in [-0.2, -0.15) is 0 Å². The summed E-state index contributed by atoms with van der Waals surface area (Å²) in [5.41, 5.74) is 0.732. The minimum atomic E-state index is -0.419. The molecule has 4 heteroatoms. The topological polar surface area (TPSA) is 63.6 Å². The van der Waals surface area contributed by atoms with Crippen LogP contribution < -0.4 is 4.74 Å². The fourth-order valence-corrected chi connectivity index (χ4v) is 1.86. The number of carbonyl (C=O) groups is 2. The van der Waals surface area contributed by atoms with E-state index in [-0.39, 0.29) is 24.0 Å². The number of phenols is 1. The van der Waals surface area contributed by atoms with Gasteiger partial charge in [0.1, 0.15) is 0 Å². The average molecular weight is 316 g/mol. The standard InChI is InChI=1S/C19H24O4/c1-19(2,3)12-6-9-16(21)15(20)8-5-7-14-10-11-18(23-4)17(22)13-14/h5-7,10-13,22H,8-9H2,1-4H3/b7-5-,12-6-. The maximum Gasteiger partial charge on any atom is 0.202 e. The molecule has 0 fully saturated rings. The molecule has 1 N–H and O–H groups in total. The number of ether oxygens (including phenoxy) is 1. The third-order valence-corrected chi connectivity index (χ3v) is 3.05. The SMILES string of the molecule is COc1ccc(/C=C\CC(=O)C(=O)C/C=C\C(C)(C)C)cc1O. The van der Waals surface area contributed by atoms with E-state index in [4.69, 9.17) is 4.74 Å². The molecule has 4 nitrogen and oxygen atoms in total. The molecule has 23 heavy (non-hydrogen) atoms. The normalized spacial score (nSPS) is 12.0. The van der Waals surface area contributed by atoms with Crippen molar-refractivity contribution >= 4 is 17.6 Å². The zero-order chi connectivity index (χ0) is 17.5. The molecular formula is C19H24O4. The second-order valence-corrected chi connectivity index (χ2v) is 6.36. The highest BCUT2D eigenvalue weighted by molar-refractivity contribution is 6.37. The molecule has 0 atom stereocenters. The molecule has 1 aromatic carbocycles. The van der Waals surface area contributed by atoms with E-state index in [2.05, 4.69) is 0 Å². The van der Waals surface area contributed by atoms with Crippen LogP contribution in [0.4, 0.5) is 0 Å². The highest BCUT2D eigenvalue weighted by atomic mass is 16.5. The quantitative estimate of drug-likeness (QED) is 0.611. The first kappa shape index (κ1) is 18.7. The number of methoxy groups -OCH3 is 1. The van der Waals surface area contributed by atoms with E-state index < -0.39 is 11.6 Å². The predicted molar refractivity (Wildman–Crippen MR) is 91.5 cm³/mol.